The van der Waals surface area contributed by atoms with E-state index in [1.54, 1.807) is 11.0 Å². The van der Waals surface area contributed by atoms with Crippen LogP contribution in [0.2, 0.25) is 0 Å². The molecule has 1 fully saturated rings. The molecule has 0 N–H and O–H groups in total. The van der Waals surface area contributed by atoms with Crippen LogP contribution in [0, 0.1) is 11.3 Å². The molecule has 2 rings (SSSR count). The van der Waals surface area contributed by atoms with E-state index in [4.69, 9.17) is 5.26 Å². The molecule has 1 amide bonds. The first kappa shape index (κ1) is 10.7. The lowest BCUT2D eigenvalue weighted by atomic mass is 9.73. The van der Waals surface area contributed by atoms with Crippen molar-refractivity contribution in [3.05, 3.63) is 35.9 Å². The largest absolute Gasteiger partial charge is 0.325 e. The zero-order valence-corrected chi connectivity index (χ0v) is 9.47. The summed E-state index contributed by atoms with van der Waals surface area (Å²) in [7, 11) is 0. The second kappa shape index (κ2) is 3.64. The van der Waals surface area contributed by atoms with Crippen LogP contribution in [0.25, 0.3) is 0 Å². The summed E-state index contributed by atoms with van der Waals surface area (Å²) >= 11 is 0. The number of likely N-dealkylation sites (tertiary alicyclic amines) is 1. The summed E-state index contributed by atoms with van der Waals surface area (Å²) in [4.78, 5) is 13.0. The van der Waals surface area contributed by atoms with E-state index in [0.29, 0.717) is 12.5 Å². The fraction of sp³-hybridized carbons (Fsp3) is 0.385. The SMILES string of the molecule is CC1(C)C(c2ccccc2)CN1C(=O)C#N. The molecule has 0 aromatic heterocycles. The van der Waals surface area contributed by atoms with Crippen molar-refractivity contribution < 1.29 is 4.79 Å². The molecule has 1 aromatic rings. The third-order valence-electron chi connectivity index (χ3n) is 3.46. The minimum Gasteiger partial charge on any atom is -0.324 e. The highest BCUT2D eigenvalue weighted by Gasteiger charge is 2.49. The van der Waals surface area contributed by atoms with Gasteiger partial charge in [0.1, 0.15) is 0 Å². The predicted octanol–water partition coefficient (Wildman–Crippen LogP) is 1.91. The number of hydrogen-bond acceptors (Lipinski definition) is 2. The molecule has 1 saturated heterocycles. The van der Waals surface area contributed by atoms with Crippen molar-refractivity contribution in [2.24, 2.45) is 0 Å². The van der Waals surface area contributed by atoms with E-state index in [0.717, 1.165) is 0 Å². The number of carbonyl (C=O) groups excluding carboxylic acids is 1. The normalized spacial score (nSPS) is 22.1. The molecule has 1 unspecified atom stereocenters. The van der Waals surface area contributed by atoms with Crippen LogP contribution in [0.1, 0.15) is 25.3 Å². The monoisotopic (exact) mass is 214 g/mol. The number of rotatable bonds is 1. The summed E-state index contributed by atoms with van der Waals surface area (Å²) in [5, 5.41) is 8.62. The second-order valence-corrected chi connectivity index (χ2v) is 4.64. The average Bonchev–Trinajstić information content (AvgIpc) is 2.29. The molecular weight excluding hydrogens is 200 g/mol. The standard InChI is InChI=1S/C13H14N2O/c1-13(2)11(9-15(13)12(16)8-14)10-6-4-3-5-7-10/h3-7,11H,9H2,1-2H3. The van der Waals surface area contributed by atoms with Crippen LogP contribution >= 0.6 is 0 Å². The second-order valence-electron chi connectivity index (χ2n) is 4.64. The number of hydrogen-bond donors (Lipinski definition) is 0. The molecule has 1 heterocycles. The highest BCUT2D eigenvalue weighted by Crippen LogP contribution is 2.42. The van der Waals surface area contributed by atoms with Crippen LogP contribution in [0.4, 0.5) is 0 Å². The van der Waals surface area contributed by atoms with Crippen molar-refractivity contribution >= 4 is 5.91 Å². The third-order valence-corrected chi connectivity index (χ3v) is 3.46. The maximum Gasteiger partial charge on any atom is 0.325 e. The van der Waals surface area contributed by atoms with Crippen molar-refractivity contribution in [3.8, 4) is 6.07 Å². The number of amides is 1. The molecule has 16 heavy (non-hydrogen) atoms. The van der Waals surface area contributed by atoms with E-state index in [1.807, 2.05) is 32.0 Å². The fourth-order valence-corrected chi connectivity index (χ4v) is 2.32. The molecule has 0 aliphatic carbocycles. The highest BCUT2D eigenvalue weighted by molar-refractivity contribution is 5.92. The van der Waals surface area contributed by atoms with Gasteiger partial charge < -0.3 is 4.90 Å². The number of nitriles is 1. The topological polar surface area (TPSA) is 44.1 Å². The first-order valence-corrected chi connectivity index (χ1v) is 5.34. The van der Waals surface area contributed by atoms with E-state index in [2.05, 4.69) is 12.1 Å². The van der Waals surface area contributed by atoms with Gasteiger partial charge in [0.05, 0.1) is 0 Å². The van der Waals surface area contributed by atoms with Gasteiger partial charge in [0.2, 0.25) is 0 Å². The molecule has 0 bridgehead atoms. The molecule has 82 valence electrons. The molecular formula is C13H14N2O. The quantitative estimate of drug-likeness (QED) is 0.670. The van der Waals surface area contributed by atoms with Crippen molar-refractivity contribution in [1.29, 1.82) is 5.26 Å². The number of carbonyl (C=O) groups is 1. The van der Waals surface area contributed by atoms with E-state index < -0.39 is 5.91 Å². The molecule has 0 saturated carbocycles. The molecule has 1 aromatic carbocycles. The molecule has 3 heteroatoms. The molecule has 1 aliphatic heterocycles. The van der Waals surface area contributed by atoms with Crippen LogP contribution in [0.3, 0.4) is 0 Å². The zero-order chi connectivity index (χ0) is 11.8. The van der Waals surface area contributed by atoms with Gasteiger partial charge >= 0.3 is 5.91 Å². The Labute approximate surface area is 95.3 Å². The first-order valence-electron chi connectivity index (χ1n) is 5.34. The highest BCUT2D eigenvalue weighted by atomic mass is 16.2. The van der Waals surface area contributed by atoms with E-state index in [1.165, 1.54) is 5.56 Å². The van der Waals surface area contributed by atoms with Gasteiger partial charge in [0.15, 0.2) is 6.07 Å². The van der Waals surface area contributed by atoms with Gasteiger partial charge in [-0.3, -0.25) is 4.79 Å². The summed E-state index contributed by atoms with van der Waals surface area (Å²) in [6.45, 7) is 4.65. The van der Waals surface area contributed by atoms with E-state index >= 15 is 0 Å². The van der Waals surface area contributed by atoms with Crippen LogP contribution < -0.4 is 0 Å². The van der Waals surface area contributed by atoms with Gasteiger partial charge in [-0.1, -0.05) is 30.3 Å². The first-order chi connectivity index (χ1) is 7.57. The van der Waals surface area contributed by atoms with Crippen molar-refractivity contribution in [2.75, 3.05) is 6.54 Å². The number of nitrogens with zero attached hydrogens (tertiary/aromatic N) is 2. The van der Waals surface area contributed by atoms with Gasteiger partial charge in [-0.05, 0) is 19.4 Å². The minimum absolute atomic E-state index is 0.256. The Balaban J connectivity index is 2.20. The lowest BCUT2D eigenvalue weighted by molar-refractivity contribution is -0.141. The maximum absolute atomic E-state index is 11.4. The molecule has 1 aliphatic rings. The summed E-state index contributed by atoms with van der Waals surface area (Å²) in [6.07, 6.45) is 0. The van der Waals surface area contributed by atoms with Crippen molar-refractivity contribution in [2.45, 2.75) is 25.3 Å². The van der Waals surface area contributed by atoms with Gasteiger partial charge in [-0.15, -0.1) is 0 Å². The van der Waals surface area contributed by atoms with E-state index in [9.17, 15) is 4.79 Å². The Hall–Kier alpha value is -1.82. The Morgan fingerprint density at radius 1 is 1.44 bits per heavy atom. The fourth-order valence-electron chi connectivity index (χ4n) is 2.32. The smallest absolute Gasteiger partial charge is 0.324 e. The zero-order valence-electron chi connectivity index (χ0n) is 9.47. The summed E-state index contributed by atoms with van der Waals surface area (Å²) < 4.78 is 0. The Morgan fingerprint density at radius 2 is 2.06 bits per heavy atom. The molecule has 0 radical (unpaired) electrons. The van der Waals surface area contributed by atoms with Crippen LogP contribution in [-0.4, -0.2) is 22.9 Å². The van der Waals surface area contributed by atoms with Crippen molar-refractivity contribution in [3.63, 3.8) is 0 Å². The predicted molar refractivity (Wildman–Crippen MR) is 60.6 cm³/mol. The van der Waals surface area contributed by atoms with Gasteiger partial charge in [0.25, 0.3) is 0 Å². The minimum atomic E-state index is -0.433. The molecule has 1 atom stereocenters. The van der Waals surface area contributed by atoms with Gasteiger partial charge in [-0.2, -0.15) is 5.26 Å². The van der Waals surface area contributed by atoms with Gasteiger partial charge in [0, 0.05) is 18.0 Å². The lowest BCUT2D eigenvalue weighted by Crippen LogP contribution is -2.63. The van der Waals surface area contributed by atoms with Gasteiger partial charge in [-0.25, -0.2) is 0 Å². The average molecular weight is 214 g/mol. The summed E-state index contributed by atoms with van der Waals surface area (Å²) in [5.74, 6) is -0.108. The van der Waals surface area contributed by atoms with Crippen molar-refractivity contribution in [1.82, 2.24) is 4.90 Å². The maximum atomic E-state index is 11.4. The Bertz CT molecular complexity index is 445. The Kier molecular flexibility index (Phi) is 2.43. The van der Waals surface area contributed by atoms with Crippen LogP contribution in [0.5, 0.6) is 0 Å². The van der Waals surface area contributed by atoms with Crippen LogP contribution in [-0.2, 0) is 4.79 Å². The Morgan fingerprint density at radius 3 is 2.56 bits per heavy atom. The third kappa shape index (κ3) is 1.47. The number of benzene rings is 1. The summed E-state index contributed by atoms with van der Waals surface area (Å²) in [6, 6.07) is 11.8. The van der Waals surface area contributed by atoms with Crippen LogP contribution in [0.15, 0.2) is 30.3 Å². The summed E-state index contributed by atoms with van der Waals surface area (Å²) in [5.41, 5.74) is 0.975. The van der Waals surface area contributed by atoms with E-state index in [-0.39, 0.29) is 5.54 Å². The lowest BCUT2D eigenvalue weighted by Gasteiger charge is -2.54. The molecule has 3 nitrogen and oxygen atoms in total. The molecule has 0 spiro atoms.